The molecule has 0 bridgehead atoms. The summed E-state index contributed by atoms with van der Waals surface area (Å²) in [6, 6.07) is 12.0. The third kappa shape index (κ3) is 4.44. The van der Waals surface area contributed by atoms with Crippen molar-refractivity contribution in [3.63, 3.8) is 0 Å². The van der Waals surface area contributed by atoms with Gasteiger partial charge in [-0.05, 0) is 51.2 Å². The van der Waals surface area contributed by atoms with Crippen LogP contribution >= 0.6 is 11.6 Å². The first kappa shape index (κ1) is 19.7. The maximum Gasteiger partial charge on any atom is 0.309 e. The van der Waals surface area contributed by atoms with Crippen molar-refractivity contribution in [3.05, 3.63) is 58.9 Å². The molecule has 1 aromatic heterocycles. The van der Waals surface area contributed by atoms with Gasteiger partial charge in [0.05, 0.1) is 11.8 Å². The van der Waals surface area contributed by atoms with Gasteiger partial charge in [0.2, 0.25) is 0 Å². The molecule has 0 atom stereocenters. The van der Waals surface area contributed by atoms with E-state index in [2.05, 4.69) is 4.57 Å². The van der Waals surface area contributed by atoms with Gasteiger partial charge in [-0.1, -0.05) is 30.3 Å². The number of nitrogens with zero attached hydrogens (tertiary/aromatic N) is 1. The first-order chi connectivity index (χ1) is 13.0. The highest BCUT2D eigenvalue weighted by atomic mass is 35.5. The van der Waals surface area contributed by atoms with Crippen LogP contribution < -0.4 is 0 Å². The Hall–Kier alpha value is -2.07. The van der Waals surface area contributed by atoms with E-state index in [4.69, 9.17) is 16.3 Å². The van der Waals surface area contributed by atoms with Gasteiger partial charge in [0.15, 0.2) is 5.78 Å². The molecule has 1 fully saturated rings. The Morgan fingerprint density at radius 1 is 1.11 bits per heavy atom. The van der Waals surface area contributed by atoms with Gasteiger partial charge in [-0.15, -0.1) is 11.6 Å². The van der Waals surface area contributed by atoms with Gasteiger partial charge in [-0.3, -0.25) is 9.59 Å². The summed E-state index contributed by atoms with van der Waals surface area (Å²) >= 11 is 5.72. The highest BCUT2D eigenvalue weighted by Gasteiger charge is 2.30. The molecule has 27 heavy (non-hydrogen) atoms. The number of aromatic nitrogens is 1. The van der Waals surface area contributed by atoms with Crippen molar-refractivity contribution >= 4 is 23.4 Å². The lowest BCUT2D eigenvalue weighted by atomic mass is 9.85. The van der Waals surface area contributed by atoms with Crippen molar-refractivity contribution in [2.24, 2.45) is 5.92 Å². The number of Topliss-reactive ketones (excluding diaryl/α,β-unsaturated/α-hetero) is 1. The molecule has 0 saturated heterocycles. The van der Waals surface area contributed by atoms with E-state index >= 15 is 0 Å². The van der Waals surface area contributed by atoms with Crippen LogP contribution in [0.4, 0.5) is 0 Å². The van der Waals surface area contributed by atoms with Crippen LogP contribution in [0.5, 0.6) is 0 Å². The summed E-state index contributed by atoms with van der Waals surface area (Å²) < 4.78 is 7.74. The number of rotatable bonds is 6. The average Bonchev–Trinajstić information content (AvgIpc) is 3.00. The quantitative estimate of drug-likeness (QED) is 0.398. The number of hydrogen-bond acceptors (Lipinski definition) is 3. The van der Waals surface area contributed by atoms with Crippen LogP contribution in [0, 0.1) is 19.8 Å². The fraction of sp³-hybridized carbons (Fsp3) is 0.455. The second kappa shape index (κ2) is 8.75. The molecule has 1 heterocycles. The largest absolute Gasteiger partial charge is 0.461 e. The van der Waals surface area contributed by atoms with E-state index in [1.165, 1.54) is 0 Å². The fourth-order valence-corrected chi connectivity index (χ4v) is 4.25. The van der Waals surface area contributed by atoms with Gasteiger partial charge < -0.3 is 9.30 Å². The molecule has 1 aliphatic carbocycles. The summed E-state index contributed by atoms with van der Waals surface area (Å²) in [4.78, 5) is 24.4. The Kier molecular flexibility index (Phi) is 6.38. The number of hydrogen-bond donors (Lipinski definition) is 0. The molecule has 0 radical (unpaired) electrons. The highest BCUT2D eigenvalue weighted by molar-refractivity contribution is 6.30. The van der Waals surface area contributed by atoms with Gasteiger partial charge in [0.25, 0.3) is 0 Å². The molecule has 4 nitrogen and oxygen atoms in total. The van der Waals surface area contributed by atoms with Gasteiger partial charge in [0.1, 0.15) is 6.61 Å². The monoisotopic (exact) mass is 387 g/mol. The number of aryl methyl sites for hydroxylation is 1. The Morgan fingerprint density at radius 2 is 1.78 bits per heavy atom. The van der Waals surface area contributed by atoms with E-state index in [0.717, 1.165) is 42.6 Å². The molecule has 144 valence electrons. The van der Waals surface area contributed by atoms with E-state index in [1.807, 2.05) is 50.2 Å². The minimum absolute atomic E-state index is 0.00426. The van der Waals surface area contributed by atoms with Gasteiger partial charge in [0, 0.05) is 23.0 Å². The molecule has 1 saturated carbocycles. The summed E-state index contributed by atoms with van der Waals surface area (Å²) in [5, 5.41) is 0. The van der Waals surface area contributed by atoms with Crippen molar-refractivity contribution in [2.45, 2.75) is 52.2 Å². The first-order valence-electron chi connectivity index (χ1n) is 9.49. The van der Waals surface area contributed by atoms with Crippen LogP contribution in [-0.4, -0.2) is 22.2 Å². The zero-order valence-electron chi connectivity index (χ0n) is 15.9. The van der Waals surface area contributed by atoms with E-state index in [-0.39, 0.29) is 23.6 Å². The lowest BCUT2D eigenvalue weighted by Crippen LogP contribution is -2.26. The molecule has 1 aromatic carbocycles. The number of ketones is 1. The van der Waals surface area contributed by atoms with Crippen LogP contribution in [0.25, 0.3) is 0 Å². The molecule has 0 unspecified atom stereocenters. The summed E-state index contributed by atoms with van der Waals surface area (Å²) in [5.74, 6) is -0.167. The minimum atomic E-state index is -0.101. The average molecular weight is 388 g/mol. The van der Waals surface area contributed by atoms with Crippen molar-refractivity contribution < 1.29 is 14.3 Å². The van der Waals surface area contributed by atoms with Crippen molar-refractivity contribution in [3.8, 4) is 0 Å². The lowest BCUT2D eigenvalue weighted by Gasteiger charge is -2.30. The summed E-state index contributed by atoms with van der Waals surface area (Å²) in [5.41, 5.74) is 3.78. The molecule has 1 aliphatic rings. The second-order valence-electron chi connectivity index (χ2n) is 7.31. The maximum absolute atomic E-state index is 12.4. The molecular formula is C22H26ClNO3. The van der Waals surface area contributed by atoms with Gasteiger partial charge in [-0.25, -0.2) is 0 Å². The second-order valence-corrected chi connectivity index (χ2v) is 7.58. The predicted octanol–water partition coefficient (Wildman–Crippen LogP) is 5.00. The zero-order chi connectivity index (χ0) is 19.4. The summed E-state index contributed by atoms with van der Waals surface area (Å²) in [6.07, 6.45) is 3.45. The summed E-state index contributed by atoms with van der Waals surface area (Å²) in [7, 11) is 0. The van der Waals surface area contributed by atoms with Gasteiger partial charge in [-0.2, -0.15) is 0 Å². The number of carbonyl (C=O) groups excluding carboxylic acids is 2. The van der Waals surface area contributed by atoms with E-state index in [0.29, 0.717) is 18.2 Å². The molecule has 0 amide bonds. The third-order valence-electron chi connectivity index (χ3n) is 5.53. The molecule has 5 heteroatoms. The fourth-order valence-electron chi connectivity index (χ4n) is 4.11. The number of halogens is 1. The van der Waals surface area contributed by atoms with E-state index in [1.54, 1.807) is 0 Å². The molecule has 0 spiro atoms. The predicted molar refractivity (Wildman–Crippen MR) is 106 cm³/mol. The number of benzene rings is 1. The molecular weight excluding hydrogens is 362 g/mol. The standard InChI is InChI=1S/C22H26ClNO3/c1-15-12-20(21(25)13-23)16(2)24(15)19-10-8-18(9-11-19)22(26)27-14-17-6-4-3-5-7-17/h3-7,12,18-19H,8-11,13-14H2,1-2H3. The number of carbonyl (C=O) groups is 2. The first-order valence-corrected chi connectivity index (χ1v) is 10.0. The van der Waals surface area contributed by atoms with Crippen molar-refractivity contribution in [1.29, 1.82) is 0 Å². The third-order valence-corrected chi connectivity index (χ3v) is 5.77. The Morgan fingerprint density at radius 3 is 2.41 bits per heavy atom. The summed E-state index contributed by atoms with van der Waals surface area (Å²) in [6.45, 7) is 4.34. The molecule has 0 aliphatic heterocycles. The topological polar surface area (TPSA) is 48.3 Å². The van der Waals surface area contributed by atoms with Crippen LogP contribution in [0.15, 0.2) is 36.4 Å². The SMILES string of the molecule is Cc1cc(C(=O)CCl)c(C)n1C1CCC(C(=O)OCc2ccccc2)CC1. The highest BCUT2D eigenvalue weighted by Crippen LogP contribution is 2.35. The normalized spacial score (nSPS) is 19.7. The van der Waals surface area contributed by atoms with Crippen LogP contribution in [-0.2, 0) is 16.1 Å². The lowest BCUT2D eigenvalue weighted by molar-refractivity contribution is -0.151. The number of ether oxygens (including phenoxy) is 1. The number of alkyl halides is 1. The Bertz CT molecular complexity index is 804. The van der Waals surface area contributed by atoms with Gasteiger partial charge >= 0.3 is 5.97 Å². The maximum atomic E-state index is 12.4. The van der Waals surface area contributed by atoms with Crippen LogP contribution in [0.3, 0.4) is 0 Å². The van der Waals surface area contributed by atoms with Crippen molar-refractivity contribution in [1.82, 2.24) is 4.57 Å². The Labute approximate surface area is 165 Å². The van der Waals surface area contributed by atoms with Crippen molar-refractivity contribution in [2.75, 3.05) is 5.88 Å². The molecule has 2 aromatic rings. The van der Waals surface area contributed by atoms with Crippen LogP contribution in [0.2, 0.25) is 0 Å². The Balaban J connectivity index is 1.58. The number of esters is 1. The minimum Gasteiger partial charge on any atom is -0.461 e. The van der Waals surface area contributed by atoms with E-state index in [9.17, 15) is 9.59 Å². The van der Waals surface area contributed by atoms with E-state index < -0.39 is 0 Å². The zero-order valence-corrected chi connectivity index (χ0v) is 16.7. The molecule has 0 N–H and O–H groups in total. The molecule has 3 rings (SSSR count). The van der Waals surface area contributed by atoms with Crippen LogP contribution in [0.1, 0.15) is 59.0 Å². The smallest absolute Gasteiger partial charge is 0.309 e.